The van der Waals surface area contributed by atoms with E-state index in [4.69, 9.17) is 0 Å². The van der Waals surface area contributed by atoms with Gasteiger partial charge in [-0.15, -0.1) is 24.8 Å². The standard InChI is InChI=1S/C23H24N4O2.2ClH/c28-20-10-15-3-1-2-4-17(15)21(20)26-8-7-25-22(26)18-5-6-19-16-9-14(11-24-12-16)13-27(19)23(18)29;;/h1-8,14,16,20-21,24,28H,9-13H2;2*1H/t14-,16+,20-,21+;;/m0../s1. The molecular weight excluding hydrogens is 435 g/mol. The number of rotatable bonds is 2. The summed E-state index contributed by atoms with van der Waals surface area (Å²) in [4.78, 5) is 18.0. The number of aliphatic hydroxyl groups excluding tert-OH is 1. The van der Waals surface area contributed by atoms with Gasteiger partial charge in [0.25, 0.3) is 5.56 Å². The van der Waals surface area contributed by atoms with Crippen molar-refractivity contribution in [2.45, 2.75) is 37.5 Å². The molecule has 1 aliphatic carbocycles. The zero-order chi connectivity index (χ0) is 19.5. The Morgan fingerprint density at radius 3 is 2.81 bits per heavy atom. The van der Waals surface area contributed by atoms with E-state index in [2.05, 4.69) is 28.5 Å². The lowest BCUT2D eigenvalue weighted by molar-refractivity contribution is 0.145. The molecule has 3 aromatic rings. The van der Waals surface area contributed by atoms with Gasteiger partial charge < -0.3 is 19.6 Å². The van der Waals surface area contributed by atoms with E-state index in [0.29, 0.717) is 29.6 Å². The molecule has 4 atom stereocenters. The molecule has 4 heterocycles. The molecule has 6 rings (SSSR count). The fraction of sp³-hybridized carbons (Fsp3) is 0.391. The van der Waals surface area contributed by atoms with Gasteiger partial charge in [0.15, 0.2) is 0 Å². The molecule has 0 saturated carbocycles. The third-order valence-corrected chi connectivity index (χ3v) is 6.89. The van der Waals surface area contributed by atoms with Gasteiger partial charge in [-0.25, -0.2) is 4.98 Å². The highest BCUT2D eigenvalue weighted by Gasteiger charge is 2.35. The van der Waals surface area contributed by atoms with E-state index in [1.807, 2.05) is 33.5 Å². The number of aliphatic hydroxyl groups is 1. The number of piperidine rings is 1. The third kappa shape index (κ3) is 3.42. The van der Waals surface area contributed by atoms with Gasteiger partial charge in [-0.05, 0) is 42.1 Å². The fourth-order valence-electron chi connectivity index (χ4n) is 5.60. The van der Waals surface area contributed by atoms with E-state index in [9.17, 15) is 9.90 Å². The number of aromatic nitrogens is 3. The summed E-state index contributed by atoms with van der Waals surface area (Å²) in [6, 6.07) is 11.9. The molecule has 2 aromatic heterocycles. The summed E-state index contributed by atoms with van der Waals surface area (Å²) < 4.78 is 3.94. The van der Waals surface area contributed by atoms with Crippen molar-refractivity contribution in [3.63, 3.8) is 0 Å². The maximum atomic E-state index is 13.5. The molecule has 3 aliphatic rings. The average molecular weight is 461 g/mol. The van der Waals surface area contributed by atoms with Crippen LogP contribution >= 0.6 is 24.8 Å². The van der Waals surface area contributed by atoms with Crippen molar-refractivity contribution in [2.24, 2.45) is 5.92 Å². The number of hydrogen-bond donors (Lipinski definition) is 2. The summed E-state index contributed by atoms with van der Waals surface area (Å²) in [6.07, 6.45) is 4.87. The lowest BCUT2D eigenvalue weighted by Gasteiger charge is -2.37. The molecule has 0 radical (unpaired) electrons. The predicted octanol–water partition coefficient (Wildman–Crippen LogP) is 2.77. The molecule has 164 valence electrons. The summed E-state index contributed by atoms with van der Waals surface area (Å²) in [5.41, 5.74) is 4.05. The molecule has 0 amide bonds. The maximum absolute atomic E-state index is 13.5. The van der Waals surface area contributed by atoms with Crippen LogP contribution in [0.2, 0.25) is 0 Å². The molecule has 8 heteroatoms. The monoisotopic (exact) mass is 460 g/mol. The number of nitrogens with zero attached hydrogens (tertiary/aromatic N) is 3. The molecule has 31 heavy (non-hydrogen) atoms. The molecule has 2 bridgehead atoms. The van der Waals surface area contributed by atoms with Crippen molar-refractivity contribution < 1.29 is 5.11 Å². The van der Waals surface area contributed by atoms with Gasteiger partial charge in [-0.2, -0.15) is 0 Å². The van der Waals surface area contributed by atoms with Gasteiger partial charge in [0, 0.05) is 43.5 Å². The molecule has 2 aliphatic heterocycles. The lowest BCUT2D eigenvalue weighted by atomic mass is 9.84. The van der Waals surface area contributed by atoms with Gasteiger partial charge >= 0.3 is 0 Å². The molecule has 0 unspecified atom stereocenters. The maximum Gasteiger partial charge on any atom is 0.261 e. The van der Waals surface area contributed by atoms with Crippen LogP contribution in [-0.2, 0) is 13.0 Å². The zero-order valence-electron chi connectivity index (χ0n) is 17.0. The molecule has 2 N–H and O–H groups in total. The summed E-state index contributed by atoms with van der Waals surface area (Å²) in [5, 5.41) is 14.3. The Labute approximate surface area is 193 Å². The number of hydrogen-bond acceptors (Lipinski definition) is 4. The van der Waals surface area contributed by atoms with Gasteiger partial charge in [0.05, 0.1) is 17.7 Å². The first-order valence-corrected chi connectivity index (χ1v) is 10.4. The quantitative estimate of drug-likeness (QED) is 0.616. The largest absolute Gasteiger partial charge is 0.390 e. The Bertz CT molecular complexity index is 1160. The Balaban J connectivity index is 0.00000116. The number of pyridine rings is 1. The van der Waals surface area contributed by atoms with E-state index in [0.717, 1.165) is 42.9 Å². The molecule has 1 saturated heterocycles. The molecular formula is C23H26Cl2N4O2. The predicted molar refractivity (Wildman–Crippen MR) is 124 cm³/mol. The Hall–Kier alpha value is -2.12. The summed E-state index contributed by atoms with van der Waals surface area (Å²) >= 11 is 0. The number of nitrogens with one attached hydrogen (secondary N) is 1. The smallest absolute Gasteiger partial charge is 0.261 e. The van der Waals surface area contributed by atoms with Crippen LogP contribution in [0.3, 0.4) is 0 Å². The minimum atomic E-state index is -0.522. The van der Waals surface area contributed by atoms with Crippen LogP contribution in [-0.4, -0.2) is 38.4 Å². The topological polar surface area (TPSA) is 72.1 Å². The minimum absolute atomic E-state index is 0. The Morgan fingerprint density at radius 2 is 1.94 bits per heavy atom. The second-order valence-electron chi connectivity index (χ2n) is 8.62. The summed E-state index contributed by atoms with van der Waals surface area (Å²) in [5.74, 6) is 1.56. The Kier molecular flexibility index (Phi) is 6.01. The second kappa shape index (κ2) is 8.43. The number of benzene rings is 1. The first kappa shape index (κ1) is 22.1. The SMILES string of the molecule is Cl.Cl.O=c1c(-c2nccn2[C@@H]2c3ccccc3C[C@@H]2O)ccc2n1C[C@@H]1CNC[C@H]2C1. The van der Waals surface area contributed by atoms with E-state index in [-0.39, 0.29) is 36.4 Å². The minimum Gasteiger partial charge on any atom is -0.390 e. The first-order valence-electron chi connectivity index (χ1n) is 10.4. The number of imidazole rings is 1. The fourth-order valence-corrected chi connectivity index (χ4v) is 5.60. The van der Waals surface area contributed by atoms with E-state index in [1.54, 1.807) is 6.20 Å². The van der Waals surface area contributed by atoms with Crippen molar-refractivity contribution in [3.05, 3.63) is 76.0 Å². The normalized spacial score (nSPS) is 25.7. The lowest BCUT2D eigenvalue weighted by Crippen LogP contribution is -2.45. The van der Waals surface area contributed by atoms with Crippen LogP contribution in [0.4, 0.5) is 0 Å². The van der Waals surface area contributed by atoms with Crippen molar-refractivity contribution >= 4 is 24.8 Å². The van der Waals surface area contributed by atoms with Crippen molar-refractivity contribution in [2.75, 3.05) is 13.1 Å². The van der Waals surface area contributed by atoms with E-state index >= 15 is 0 Å². The molecule has 6 nitrogen and oxygen atoms in total. The number of halogens is 2. The van der Waals surface area contributed by atoms with Crippen molar-refractivity contribution in [1.29, 1.82) is 0 Å². The highest BCUT2D eigenvalue weighted by molar-refractivity contribution is 5.85. The van der Waals surface area contributed by atoms with Crippen LogP contribution < -0.4 is 10.9 Å². The van der Waals surface area contributed by atoms with Gasteiger partial charge in [0.2, 0.25) is 0 Å². The molecule has 1 fully saturated rings. The zero-order valence-corrected chi connectivity index (χ0v) is 18.6. The Morgan fingerprint density at radius 1 is 1.10 bits per heavy atom. The van der Waals surface area contributed by atoms with Crippen LogP contribution in [0.25, 0.3) is 11.4 Å². The van der Waals surface area contributed by atoms with Crippen LogP contribution in [0, 0.1) is 5.92 Å². The van der Waals surface area contributed by atoms with Crippen molar-refractivity contribution in [3.8, 4) is 11.4 Å². The highest BCUT2D eigenvalue weighted by Crippen LogP contribution is 2.37. The average Bonchev–Trinajstić information content (AvgIpc) is 3.32. The highest BCUT2D eigenvalue weighted by atomic mass is 35.5. The van der Waals surface area contributed by atoms with Crippen LogP contribution in [0.5, 0.6) is 0 Å². The first-order chi connectivity index (χ1) is 14.2. The van der Waals surface area contributed by atoms with Gasteiger partial charge in [0.1, 0.15) is 5.82 Å². The molecule has 0 spiro atoms. The van der Waals surface area contributed by atoms with Crippen molar-refractivity contribution in [1.82, 2.24) is 19.4 Å². The third-order valence-electron chi connectivity index (χ3n) is 6.89. The van der Waals surface area contributed by atoms with E-state index in [1.165, 1.54) is 0 Å². The summed E-state index contributed by atoms with van der Waals surface area (Å²) in [7, 11) is 0. The van der Waals surface area contributed by atoms with Crippen LogP contribution in [0.15, 0.2) is 53.6 Å². The van der Waals surface area contributed by atoms with Gasteiger partial charge in [-0.3, -0.25) is 4.79 Å². The van der Waals surface area contributed by atoms with E-state index < -0.39 is 6.10 Å². The second-order valence-corrected chi connectivity index (χ2v) is 8.62. The van der Waals surface area contributed by atoms with Crippen LogP contribution in [0.1, 0.15) is 35.2 Å². The molecule has 1 aromatic carbocycles. The van der Waals surface area contributed by atoms with Gasteiger partial charge in [-0.1, -0.05) is 24.3 Å². The summed E-state index contributed by atoms with van der Waals surface area (Å²) in [6.45, 7) is 2.68. The number of fused-ring (bicyclic) bond motifs is 5.